The molecule has 4 heteroatoms. The fourth-order valence-electron chi connectivity index (χ4n) is 2.79. The summed E-state index contributed by atoms with van der Waals surface area (Å²) in [6.45, 7) is 0.640. The molecule has 2 atom stereocenters. The maximum absolute atomic E-state index is 12.1. The van der Waals surface area contributed by atoms with Crippen LogP contribution in [-0.2, 0) is 0 Å². The van der Waals surface area contributed by atoms with Crippen LogP contribution in [0.5, 0.6) is 0 Å². The van der Waals surface area contributed by atoms with Crippen molar-refractivity contribution in [3.8, 4) is 0 Å². The lowest BCUT2D eigenvalue weighted by Gasteiger charge is -2.11. The van der Waals surface area contributed by atoms with Crippen molar-refractivity contribution in [3.05, 3.63) is 42.1 Å². The zero-order valence-corrected chi connectivity index (χ0v) is 11.2. The second-order valence-electron chi connectivity index (χ2n) is 5.45. The third-order valence-electron chi connectivity index (χ3n) is 3.93. The van der Waals surface area contributed by atoms with E-state index in [1.165, 1.54) is 0 Å². The van der Waals surface area contributed by atoms with Crippen molar-refractivity contribution in [3.63, 3.8) is 0 Å². The molecule has 1 aliphatic carbocycles. The van der Waals surface area contributed by atoms with E-state index in [4.69, 9.17) is 0 Å². The van der Waals surface area contributed by atoms with Crippen LogP contribution in [0.4, 0.5) is 0 Å². The van der Waals surface area contributed by atoms with Gasteiger partial charge in [-0.3, -0.25) is 9.78 Å². The summed E-state index contributed by atoms with van der Waals surface area (Å²) in [4.78, 5) is 16.4. The Labute approximate surface area is 117 Å². The van der Waals surface area contributed by atoms with Crippen LogP contribution in [0, 0.1) is 5.92 Å². The van der Waals surface area contributed by atoms with Gasteiger partial charge in [0, 0.05) is 23.7 Å². The van der Waals surface area contributed by atoms with Crippen molar-refractivity contribution in [2.24, 2.45) is 5.92 Å². The summed E-state index contributed by atoms with van der Waals surface area (Å²) in [6, 6.07) is 9.34. The van der Waals surface area contributed by atoms with Crippen molar-refractivity contribution >= 4 is 16.8 Å². The molecular formula is C16H18N2O2. The van der Waals surface area contributed by atoms with Gasteiger partial charge in [0.2, 0.25) is 0 Å². The van der Waals surface area contributed by atoms with E-state index in [1.54, 1.807) is 12.3 Å². The van der Waals surface area contributed by atoms with E-state index in [2.05, 4.69) is 10.3 Å². The highest BCUT2D eigenvalue weighted by Gasteiger charge is 2.23. The number of aromatic nitrogens is 1. The van der Waals surface area contributed by atoms with Crippen LogP contribution in [0.15, 0.2) is 36.5 Å². The molecule has 0 radical (unpaired) electrons. The van der Waals surface area contributed by atoms with Gasteiger partial charge < -0.3 is 10.4 Å². The highest BCUT2D eigenvalue weighted by atomic mass is 16.3. The molecule has 1 aromatic heterocycles. The Morgan fingerprint density at radius 1 is 1.35 bits per heavy atom. The molecule has 2 N–H and O–H groups in total. The summed E-state index contributed by atoms with van der Waals surface area (Å²) in [7, 11) is 0. The molecule has 1 amide bonds. The van der Waals surface area contributed by atoms with Gasteiger partial charge in [0.05, 0.1) is 11.6 Å². The zero-order valence-electron chi connectivity index (χ0n) is 11.2. The predicted molar refractivity (Wildman–Crippen MR) is 77.4 cm³/mol. The van der Waals surface area contributed by atoms with Crippen molar-refractivity contribution in [1.82, 2.24) is 10.3 Å². The van der Waals surface area contributed by atoms with Crippen LogP contribution in [0.25, 0.3) is 10.9 Å². The summed E-state index contributed by atoms with van der Waals surface area (Å²) in [5, 5.41) is 13.4. The molecule has 1 saturated carbocycles. The highest BCUT2D eigenvalue weighted by molar-refractivity contribution is 5.97. The number of amides is 1. The number of aliphatic hydroxyl groups is 1. The molecule has 2 unspecified atom stereocenters. The Morgan fingerprint density at radius 2 is 2.25 bits per heavy atom. The smallest absolute Gasteiger partial charge is 0.251 e. The van der Waals surface area contributed by atoms with Gasteiger partial charge in [-0.05, 0) is 49.4 Å². The van der Waals surface area contributed by atoms with Gasteiger partial charge in [-0.15, -0.1) is 0 Å². The normalized spacial score (nSPS) is 22.1. The topological polar surface area (TPSA) is 62.2 Å². The van der Waals surface area contributed by atoms with E-state index in [1.807, 2.05) is 24.3 Å². The molecular weight excluding hydrogens is 252 g/mol. The molecule has 0 spiro atoms. The lowest BCUT2D eigenvalue weighted by Crippen LogP contribution is -2.28. The largest absolute Gasteiger partial charge is 0.393 e. The van der Waals surface area contributed by atoms with Crippen LogP contribution >= 0.6 is 0 Å². The number of pyridine rings is 1. The maximum Gasteiger partial charge on any atom is 0.251 e. The molecule has 104 valence electrons. The Kier molecular flexibility index (Phi) is 3.65. The number of rotatable bonds is 3. The Morgan fingerprint density at radius 3 is 3.05 bits per heavy atom. The predicted octanol–water partition coefficient (Wildman–Crippen LogP) is 2.13. The minimum absolute atomic E-state index is 0.0582. The van der Waals surface area contributed by atoms with Gasteiger partial charge in [0.1, 0.15) is 0 Å². The van der Waals surface area contributed by atoms with Crippen molar-refractivity contribution in [2.75, 3.05) is 6.54 Å². The number of hydrogen-bond acceptors (Lipinski definition) is 3. The summed E-state index contributed by atoms with van der Waals surface area (Å²) in [5.41, 5.74) is 1.55. The van der Waals surface area contributed by atoms with Gasteiger partial charge in [-0.2, -0.15) is 0 Å². The molecule has 0 aliphatic heterocycles. The fraction of sp³-hybridized carbons (Fsp3) is 0.375. The first-order valence-corrected chi connectivity index (χ1v) is 7.03. The van der Waals surface area contributed by atoms with E-state index in [0.717, 1.165) is 30.2 Å². The molecule has 1 fully saturated rings. The number of aliphatic hydroxyl groups excluding tert-OH is 1. The molecule has 1 aromatic carbocycles. The number of carbonyl (C=O) groups excluding carboxylic acids is 1. The van der Waals surface area contributed by atoms with Gasteiger partial charge in [-0.1, -0.05) is 6.07 Å². The zero-order chi connectivity index (χ0) is 13.9. The van der Waals surface area contributed by atoms with Crippen LogP contribution in [0.2, 0.25) is 0 Å². The van der Waals surface area contributed by atoms with Gasteiger partial charge in [0.25, 0.3) is 5.91 Å². The van der Waals surface area contributed by atoms with E-state index in [-0.39, 0.29) is 12.0 Å². The molecule has 4 nitrogen and oxygen atoms in total. The van der Waals surface area contributed by atoms with Crippen LogP contribution in [0.1, 0.15) is 29.6 Å². The Bertz CT molecular complexity index is 627. The lowest BCUT2D eigenvalue weighted by molar-refractivity contribution is 0.0945. The molecule has 2 aromatic rings. The third-order valence-corrected chi connectivity index (χ3v) is 3.93. The fourth-order valence-corrected chi connectivity index (χ4v) is 2.79. The highest BCUT2D eigenvalue weighted by Crippen LogP contribution is 2.24. The Balaban J connectivity index is 1.66. The van der Waals surface area contributed by atoms with E-state index in [9.17, 15) is 9.90 Å². The quantitative estimate of drug-likeness (QED) is 0.898. The molecule has 1 aliphatic rings. The SMILES string of the molecule is O=C(NCC1CCC(O)C1)c1ccc2ncccc2c1. The van der Waals surface area contributed by atoms with Crippen LogP contribution in [-0.4, -0.2) is 28.6 Å². The summed E-state index contributed by atoms with van der Waals surface area (Å²) >= 11 is 0. The first-order valence-electron chi connectivity index (χ1n) is 7.03. The number of fused-ring (bicyclic) bond motifs is 1. The molecule has 0 bridgehead atoms. The average Bonchev–Trinajstić information content (AvgIpc) is 2.90. The van der Waals surface area contributed by atoms with E-state index >= 15 is 0 Å². The second-order valence-corrected chi connectivity index (χ2v) is 5.45. The van der Waals surface area contributed by atoms with Gasteiger partial charge in [0.15, 0.2) is 0 Å². The lowest BCUT2D eigenvalue weighted by atomic mass is 10.1. The summed E-state index contributed by atoms with van der Waals surface area (Å²) in [6.07, 6.45) is 4.18. The first-order chi connectivity index (χ1) is 9.72. The van der Waals surface area contributed by atoms with Gasteiger partial charge >= 0.3 is 0 Å². The maximum atomic E-state index is 12.1. The van der Waals surface area contributed by atoms with Crippen LogP contribution in [0.3, 0.4) is 0 Å². The number of carbonyl (C=O) groups is 1. The molecule has 3 rings (SSSR count). The first kappa shape index (κ1) is 13.1. The van der Waals surface area contributed by atoms with E-state index < -0.39 is 0 Å². The van der Waals surface area contributed by atoms with E-state index in [0.29, 0.717) is 18.0 Å². The molecule has 1 heterocycles. The summed E-state index contributed by atoms with van der Waals surface area (Å²) < 4.78 is 0. The third kappa shape index (κ3) is 2.80. The standard InChI is InChI=1S/C16H18N2O2/c19-14-5-3-11(8-14)10-18-16(20)13-4-6-15-12(9-13)2-1-7-17-15/h1-2,4,6-7,9,11,14,19H,3,5,8,10H2,(H,18,20). The van der Waals surface area contributed by atoms with Crippen LogP contribution < -0.4 is 5.32 Å². The van der Waals surface area contributed by atoms with Crippen molar-refractivity contribution in [2.45, 2.75) is 25.4 Å². The average molecular weight is 270 g/mol. The minimum Gasteiger partial charge on any atom is -0.393 e. The number of nitrogens with one attached hydrogen (secondary N) is 1. The van der Waals surface area contributed by atoms with Gasteiger partial charge in [-0.25, -0.2) is 0 Å². The number of hydrogen-bond donors (Lipinski definition) is 2. The number of benzene rings is 1. The van der Waals surface area contributed by atoms with Crippen molar-refractivity contribution < 1.29 is 9.90 Å². The number of nitrogens with zero attached hydrogens (tertiary/aromatic N) is 1. The molecule has 20 heavy (non-hydrogen) atoms. The second kappa shape index (κ2) is 5.59. The summed E-state index contributed by atoms with van der Waals surface area (Å²) in [5.74, 6) is 0.341. The Hall–Kier alpha value is -1.94. The molecule has 0 saturated heterocycles. The monoisotopic (exact) mass is 270 g/mol. The van der Waals surface area contributed by atoms with Crippen molar-refractivity contribution in [1.29, 1.82) is 0 Å². The minimum atomic E-state index is -0.191.